The summed E-state index contributed by atoms with van der Waals surface area (Å²) in [7, 11) is 0. The molecule has 6 nitrogen and oxygen atoms in total. The van der Waals surface area contributed by atoms with Gasteiger partial charge in [-0.2, -0.15) is 5.10 Å². The maximum absolute atomic E-state index is 13.5. The topological polar surface area (TPSA) is 65.1 Å². The summed E-state index contributed by atoms with van der Waals surface area (Å²) in [6.07, 6.45) is 4.19. The van der Waals surface area contributed by atoms with E-state index in [0.29, 0.717) is 5.91 Å². The molecule has 144 valence electrons. The summed E-state index contributed by atoms with van der Waals surface area (Å²) in [5.74, 6) is 1.99. The average molecular weight is 432 g/mol. The lowest BCUT2D eigenvalue weighted by Crippen LogP contribution is -2.53. The molecule has 1 saturated carbocycles. The van der Waals surface area contributed by atoms with Crippen molar-refractivity contribution in [3.05, 3.63) is 46.0 Å². The van der Waals surface area contributed by atoms with Crippen LogP contribution in [0.2, 0.25) is 0 Å². The Morgan fingerprint density at radius 3 is 2.41 bits per heavy atom. The predicted molar refractivity (Wildman–Crippen MR) is 107 cm³/mol. The number of nitrogens with zero attached hydrogens (tertiary/aromatic N) is 4. The van der Waals surface area contributed by atoms with E-state index in [-0.39, 0.29) is 5.41 Å². The second-order valence-corrected chi connectivity index (χ2v) is 8.62. The van der Waals surface area contributed by atoms with Gasteiger partial charge in [0, 0.05) is 30.7 Å². The third kappa shape index (κ3) is 3.80. The third-order valence-corrected chi connectivity index (χ3v) is 6.46. The van der Waals surface area contributed by atoms with Crippen LogP contribution in [0.4, 0.5) is 0 Å². The Morgan fingerprint density at radius 1 is 1.15 bits per heavy atom. The first kappa shape index (κ1) is 18.6. The van der Waals surface area contributed by atoms with Gasteiger partial charge in [0.05, 0.1) is 12.0 Å². The summed E-state index contributed by atoms with van der Waals surface area (Å²) >= 11 is 3.51. The van der Waals surface area contributed by atoms with E-state index in [4.69, 9.17) is 0 Å². The quantitative estimate of drug-likeness (QED) is 0.807. The molecule has 1 aromatic heterocycles. The molecule has 0 radical (unpaired) electrons. The summed E-state index contributed by atoms with van der Waals surface area (Å²) in [4.78, 5) is 22.3. The summed E-state index contributed by atoms with van der Waals surface area (Å²) < 4.78 is 1.06. The molecule has 0 unspecified atom stereocenters. The van der Waals surface area contributed by atoms with Crippen LogP contribution >= 0.6 is 15.9 Å². The molecule has 7 heteroatoms. The molecular weight excluding hydrogens is 406 g/mol. The molecule has 1 aliphatic heterocycles. The van der Waals surface area contributed by atoms with Crippen LogP contribution in [0.15, 0.2) is 28.7 Å². The zero-order chi connectivity index (χ0) is 18.9. The van der Waals surface area contributed by atoms with Crippen LogP contribution in [0.3, 0.4) is 0 Å². The monoisotopic (exact) mass is 431 g/mol. The zero-order valence-corrected chi connectivity index (χ0v) is 17.3. The number of aryl methyl sites for hydroxylation is 1. The number of rotatable bonds is 4. The summed E-state index contributed by atoms with van der Waals surface area (Å²) in [5.41, 5.74) is 0.843. The number of aromatic nitrogens is 3. The first-order chi connectivity index (χ1) is 13.1. The van der Waals surface area contributed by atoms with Crippen LogP contribution in [0.5, 0.6) is 0 Å². The fourth-order valence-corrected chi connectivity index (χ4v) is 4.71. The lowest BCUT2D eigenvalue weighted by molar-refractivity contribution is -0.139. The van der Waals surface area contributed by atoms with Gasteiger partial charge in [0.1, 0.15) is 5.82 Å². The van der Waals surface area contributed by atoms with Crippen molar-refractivity contribution >= 4 is 21.8 Å². The molecule has 2 fully saturated rings. The van der Waals surface area contributed by atoms with Gasteiger partial charge in [0.2, 0.25) is 5.91 Å². The van der Waals surface area contributed by atoms with Crippen molar-refractivity contribution in [2.45, 2.75) is 44.6 Å². The van der Waals surface area contributed by atoms with Crippen LogP contribution in [0.25, 0.3) is 0 Å². The molecule has 2 aromatic rings. The smallest absolute Gasteiger partial charge is 0.233 e. The van der Waals surface area contributed by atoms with Crippen molar-refractivity contribution in [1.82, 2.24) is 25.0 Å². The second-order valence-electron chi connectivity index (χ2n) is 7.70. The highest BCUT2D eigenvalue weighted by Crippen LogP contribution is 2.43. The van der Waals surface area contributed by atoms with E-state index in [1.165, 1.54) is 5.56 Å². The first-order valence-electron chi connectivity index (χ1n) is 9.72. The fraction of sp³-hybridized carbons (Fsp3) is 0.550. The first-order valence-corrected chi connectivity index (χ1v) is 10.5. The third-order valence-electron chi connectivity index (χ3n) is 5.93. The van der Waals surface area contributed by atoms with E-state index in [9.17, 15) is 4.79 Å². The van der Waals surface area contributed by atoms with E-state index >= 15 is 0 Å². The van der Waals surface area contributed by atoms with Crippen LogP contribution in [-0.4, -0.2) is 57.1 Å². The fourth-order valence-electron chi connectivity index (χ4n) is 4.44. The van der Waals surface area contributed by atoms with Crippen molar-refractivity contribution in [3.63, 3.8) is 0 Å². The Bertz CT molecular complexity index is 789. The summed E-state index contributed by atoms with van der Waals surface area (Å²) in [6.45, 7) is 5.95. The Labute approximate surface area is 168 Å². The van der Waals surface area contributed by atoms with Gasteiger partial charge in [-0.3, -0.25) is 14.8 Å². The molecule has 0 atom stereocenters. The number of hydrogen-bond donors (Lipinski definition) is 1. The van der Waals surface area contributed by atoms with E-state index in [1.807, 2.05) is 6.92 Å². The molecule has 0 spiro atoms. The van der Waals surface area contributed by atoms with Crippen molar-refractivity contribution in [1.29, 1.82) is 0 Å². The number of aromatic amines is 1. The SMILES string of the molecule is Cc1nc(CN2CCN(C(=O)C3(c4ccc(Br)cc4)CCCC3)CC2)n[nH]1. The Balaban J connectivity index is 1.43. The highest BCUT2D eigenvalue weighted by molar-refractivity contribution is 9.10. The standard InChI is InChI=1S/C20H26BrN5O/c1-15-22-18(24-23-15)14-25-10-12-26(13-11-25)19(27)20(8-2-3-9-20)16-4-6-17(21)7-5-16/h4-7H,2-3,8-14H2,1H3,(H,22,23,24). The normalized spacial score (nSPS) is 20.1. The maximum Gasteiger partial charge on any atom is 0.233 e. The molecular formula is C20H26BrN5O. The van der Waals surface area contributed by atoms with E-state index in [2.05, 4.69) is 65.2 Å². The number of benzene rings is 1. The Morgan fingerprint density at radius 2 is 1.81 bits per heavy atom. The number of nitrogens with one attached hydrogen (secondary N) is 1. The number of amides is 1. The molecule has 2 heterocycles. The minimum atomic E-state index is -0.330. The van der Waals surface area contributed by atoms with Crippen molar-refractivity contribution in [3.8, 4) is 0 Å². The highest BCUT2D eigenvalue weighted by atomic mass is 79.9. The van der Waals surface area contributed by atoms with Crippen LogP contribution in [0.1, 0.15) is 42.9 Å². The average Bonchev–Trinajstić information content (AvgIpc) is 3.32. The lowest BCUT2D eigenvalue weighted by Gasteiger charge is -2.40. The number of piperazine rings is 1. The van der Waals surface area contributed by atoms with Gasteiger partial charge in [-0.25, -0.2) is 4.98 Å². The molecule has 4 rings (SSSR count). The van der Waals surface area contributed by atoms with E-state index < -0.39 is 0 Å². The van der Waals surface area contributed by atoms with Crippen molar-refractivity contribution in [2.24, 2.45) is 0 Å². The number of halogens is 1. The summed E-state index contributed by atoms with van der Waals surface area (Å²) in [6, 6.07) is 8.35. The molecule has 1 saturated heterocycles. The lowest BCUT2D eigenvalue weighted by atomic mass is 9.77. The van der Waals surface area contributed by atoms with Crippen LogP contribution in [0, 0.1) is 6.92 Å². The largest absolute Gasteiger partial charge is 0.339 e. The molecule has 1 amide bonds. The molecule has 1 N–H and O–H groups in total. The second kappa shape index (κ2) is 7.72. The van der Waals surface area contributed by atoms with Crippen LogP contribution < -0.4 is 0 Å². The van der Waals surface area contributed by atoms with E-state index in [0.717, 1.165) is 74.5 Å². The number of H-pyrrole nitrogens is 1. The van der Waals surface area contributed by atoms with Crippen molar-refractivity contribution < 1.29 is 4.79 Å². The van der Waals surface area contributed by atoms with Gasteiger partial charge in [-0.1, -0.05) is 40.9 Å². The van der Waals surface area contributed by atoms with Gasteiger partial charge < -0.3 is 4.90 Å². The number of carbonyl (C=O) groups excluding carboxylic acids is 1. The van der Waals surface area contributed by atoms with Gasteiger partial charge in [-0.15, -0.1) is 0 Å². The molecule has 2 aliphatic rings. The van der Waals surface area contributed by atoms with Crippen LogP contribution in [-0.2, 0) is 16.8 Å². The Kier molecular flexibility index (Phi) is 5.32. The highest BCUT2D eigenvalue weighted by Gasteiger charge is 2.45. The zero-order valence-electron chi connectivity index (χ0n) is 15.7. The molecule has 27 heavy (non-hydrogen) atoms. The van der Waals surface area contributed by atoms with E-state index in [1.54, 1.807) is 0 Å². The number of hydrogen-bond acceptors (Lipinski definition) is 4. The molecule has 1 aliphatic carbocycles. The molecule has 1 aromatic carbocycles. The van der Waals surface area contributed by atoms with Gasteiger partial charge in [0.25, 0.3) is 0 Å². The molecule has 0 bridgehead atoms. The van der Waals surface area contributed by atoms with Gasteiger partial charge in [0.15, 0.2) is 5.82 Å². The minimum absolute atomic E-state index is 0.315. The van der Waals surface area contributed by atoms with Gasteiger partial charge >= 0.3 is 0 Å². The number of carbonyl (C=O) groups is 1. The summed E-state index contributed by atoms with van der Waals surface area (Å²) in [5, 5.41) is 7.12. The predicted octanol–water partition coefficient (Wildman–Crippen LogP) is 3.03. The maximum atomic E-state index is 13.5. The Hall–Kier alpha value is -1.73. The van der Waals surface area contributed by atoms with Gasteiger partial charge in [-0.05, 0) is 37.5 Å². The minimum Gasteiger partial charge on any atom is -0.339 e. The van der Waals surface area contributed by atoms with Crippen molar-refractivity contribution in [2.75, 3.05) is 26.2 Å².